The number of ether oxygens (including phenoxy) is 1. The summed E-state index contributed by atoms with van der Waals surface area (Å²) in [5.41, 5.74) is 3.38. The lowest BCUT2D eigenvalue weighted by Gasteiger charge is -2.35. The van der Waals surface area contributed by atoms with E-state index < -0.39 is 0 Å². The van der Waals surface area contributed by atoms with Crippen molar-refractivity contribution in [2.75, 3.05) is 32.8 Å². The lowest BCUT2D eigenvalue weighted by molar-refractivity contribution is 0.148. The zero-order valence-electron chi connectivity index (χ0n) is 18.2. The number of likely N-dealkylation sites (tertiary alicyclic amines) is 1. The maximum absolute atomic E-state index is 14.2. The van der Waals surface area contributed by atoms with Crippen LogP contribution in [0.25, 0.3) is 0 Å². The quantitative estimate of drug-likeness (QED) is 0.720. The molecule has 3 aliphatic rings. The number of halogens is 1. The van der Waals surface area contributed by atoms with Crippen molar-refractivity contribution in [1.82, 2.24) is 20.2 Å². The predicted octanol–water partition coefficient (Wildman–Crippen LogP) is 4.25. The Labute approximate surface area is 184 Å². The van der Waals surface area contributed by atoms with Crippen LogP contribution in [-0.2, 0) is 6.54 Å². The number of nitrogens with zero attached hydrogens (tertiary/aromatic N) is 3. The molecular weight excluding hydrogens is 391 g/mol. The first kappa shape index (κ1) is 20.8. The van der Waals surface area contributed by atoms with Crippen molar-refractivity contribution >= 4 is 0 Å². The van der Waals surface area contributed by atoms with Gasteiger partial charge in [0.15, 0.2) is 5.82 Å². The molecule has 1 saturated carbocycles. The van der Waals surface area contributed by atoms with Crippen LogP contribution in [0.4, 0.5) is 4.39 Å². The zero-order chi connectivity index (χ0) is 21.0. The number of piperidine rings is 1. The van der Waals surface area contributed by atoms with Crippen LogP contribution in [0.5, 0.6) is 6.01 Å². The number of nitrogens with one attached hydrogen (secondary N) is 1. The van der Waals surface area contributed by atoms with Gasteiger partial charge in [-0.3, -0.25) is 4.90 Å². The van der Waals surface area contributed by atoms with Gasteiger partial charge >= 0.3 is 6.01 Å². The third kappa shape index (κ3) is 5.07. The van der Waals surface area contributed by atoms with Crippen LogP contribution in [0.3, 0.4) is 0 Å². The van der Waals surface area contributed by atoms with Crippen LogP contribution in [0.1, 0.15) is 67.2 Å². The lowest BCUT2D eigenvalue weighted by Crippen LogP contribution is -2.28. The molecule has 3 fully saturated rings. The summed E-state index contributed by atoms with van der Waals surface area (Å²) < 4.78 is 20.1. The lowest BCUT2D eigenvalue weighted by atomic mass is 9.72. The van der Waals surface area contributed by atoms with Crippen LogP contribution in [0.15, 0.2) is 30.5 Å². The fourth-order valence-corrected chi connectivity index (χ4v) is 5.25. The molecule has 31 heavy (non-hydrogen) atoms. The molecule has 0 atom stereocenters. The number of aromatic nitrogens is 2. The molecule has 0 radical (unpaired) electrons. The monoisotopic (exact) mass is 424 g/mol. The van der Waals surface area contributed by atoms with Crippen LogP contribution >= 0.6 is 0 Å². The van der Waals surface area contributed by atoms with Gasteiger partial charge in [-0.25, -0.2) is 9.37 Å². The summed E-state index contributed by atoms with van der Waals surface area (Å²) >= 11 is 0. The first-order valence-electron chi connectivity index (χ1n) is 11.9. The minimum atomic E-state index is -0.309. The fraction of sp³-hybridized carbons (Fsp3) is 0.600. The van der Waals surface area contributed by atoms with Crippen molar-refractivity contribution in [3.05, 3.63) is 53.1 Å². The van der Waals surface area contributed by atoms with Crippen molar-refractivity contribution in [3.63, 3.8) is 0 Å². The van der Waals surface area contributed by atoms with Gasteiger partial charge in [0.05, 0.1) is 18.5 Å². The van der Waals surface area contributed by atoms with Gasteiger partial charge in [0.1, 0.15) is 0 Å². The molecule has 5 rings (SSSR count). The summed E-state index contributed by atoms with van der Waals surface area (Å²) in [5.74, 6) is 0.989. The van der Waals surface area contributed by atoms with E-state index in [-0.39, 0.29) is 11.7 Å². The first-order chi connectivity index (χ1) is 15.2. The molecule has 1 aliphatic carbocycles. The molecule has 0 bridgehead atoms. The van der Waals surface area contributed by atoms with Crippen LogP contribution in [0.2, 0.25) is 0 Å². The average Bonchev–Trinajstić information content (AvgIpc) is 3.28. The minimum Gasteiger partial charge on any atom is -0.463 e. The van der Waals surface area contributed by atoms with E-state index in [9.17, 15) is 4.39 Å². The van der Waals surface area contributed by atoms with Crippen molar-refractivity contribution in [2.45, 2.75) is 56.9 Å². The minimum absolute atomic E-state index is 0.160. The highest BCUT2D eigenvalue weighted by Gasteiger charge is 2.31. The molecule has 1 N–H and O–H groups in total. The Kier molecular flexibility index (Phi) is 6.46. The SMILES string of the molecule is Fc1cnc(OCC2CC(c3ccc(CN4CCCC4)cc3)C2)nc1C1CCNCC1. The third-order valence-corrected chi connectivity index (χ3v) is 7.21. The topological polar surface area (TPSA) is 50.3 Å². The van der Waals surface area contributed by atoms with Gasteiger partial charge in [-0.1, -0.05) is 24.3 Å². The molecule has 2 aliphatic heterocycles. The molecular formula is C25H33FN4O. The maximum Gasteiger partial charge on any atom is 0.316 e. The molecule has 1 aromatic carbocycles. The van der Waals surface area contributed by atoms with Crippen molar-refractivity contribution in [2.24, 2.45) is 5.92 Å². The van der Waals surface area contributed by atoms with Crippen LogP contribution in [-0.4, -0.2) is 47.7 Å². The molecule has 3 heterocycles. The van der Waals surface area contributed by atoms with Gasteiger partial charge in [0.2, 0.25) is 0 Å². The highest BCUT2D eigenvalue weighted by molar-refractivity contribution is 5.27. The Morgan fingerprint density at radius 3 is 2.52 bits per heavy atom. The van der Waals surface area contributed by atoms with Crippen molar-refractivity contribution < 1.29 is 9.13 Å². The van der Waals surface area contributed by atoms with E-state index in [2.05, 4.69) is 44.5 Å². The van der Waals surface area contributed by atoms with E-state index in [1.54, 1.807) is 0 Å². The standard InChI is InChI=1S/C25H33FN4O/c26-23-15-28-25(29-24(23)21-7-9-27-10-8-21)31-17-19-13-22(14-19)20-5-3-18(4-6-20)16-30-11-1-2-12-30/h3-6,15,19,21-22,27H,1-2,7-14,16-17H2. The number of rotatable bonds is 7. The molecule has 0 amide bonds. The first-order valence-corrected chi connectivity index (χ1v) is 11.9. The Morgan fingerprint density at radius 1 is 1.03 bits per heavy atom. The molecule has 1 aromatic heterocycles. The number of hydrogen-bond acceptors (Lipinski definition) is 5. The van der Waals surface area contributed by atoms with E-state index in [1.165, 1.54) is 43.3 Å². The van der Waals surface area contributed by atoms with Crippen molar-refractivity contribution in [3.8, 4) is 6.01 Å². The Bertz CT molecular complexity index is 856. The average molecular weight is 425 g/mol. The Morgan fingerprint density at radius 2 is 1.77 bits per heavy atom. The van der Waals surface area contributed by atoms with Gasteiger partial charge in [0, 0.05) is 12.5 Å². The van der Waals surface area contributed by atoms with Gasteiger partial charge < -0.3 is 10.1 Å². The molecule has 5 nitrogen and oxygen atoms in total. The normalized spacial score (nSPS) is 24.8. The highest BCUT2D eigenvalue weighted by Crippen LogP contribution is 2.41. The van der Waals surface area contributed by atoms with Crippen molar-refractivity contribution in [1.29, 1.82) is 0 Å². The van der Waals surface area contributed by atoms with E-state index in [1.807, 2.05) is 0 Å². The summed E-state index contributed by atoms with van der Waals surface area (Å²) in [7, 11) is 0. The van der Waals surface area contributed by atoms with E-state index in [4.69, 9.17) is 4.74 Å². The van der Waals surface area contributed by atoms with E-state index >= 15 is 0 Å². The fourth-order valence-electron chi connectivity index (χ4n) is 5.25. The third-order valence-electron chi connectivity index (χ3n) is 7.21. The number of benzene rings is 1. The van der Waals surface area contributed by atoms with Gasteiger partial charge in [0.25, 0.3) is 0 Å². The molecule has 2 saturated heterocycles. The second-order valence-corrected chi connectivity index (χ2v) is 9.48. The second kappa shape index (κ2) is 9.61. The van der Waals surface area contributed by atoms with Crippen LogP contribution < -0.4 is 10.1 Å². The molecule has 166 valence electrons. The molecule has 0 spiro atoms. The summed E-state index contributed by atoms with van der Waals surface area (Å²) in [6, 6.07) is 9.53. The van der Waals surface area contributed by atoms with Gasteiger partial charge in [-0.15, -0.1) is 0 Å². The van der Waals surface area contributed by atoms with Crippen LogP contribution in [0, 0.1) is 11.7 Å². The van der Waals surface area contributed by atoms with E-state index in [0.29, 0.717) is 30.1 Å². The van der Waals surface area contributed by atoms with E-state index in [0.717, 1.165) is 45.3 Å². The molecule has 2 aromatic rings. The summed E-state index contributed by atoms with van der Waals surface area (Å²) in [4.78, 5) is 11.0. The summed E-state index contributed by atoms with van der Waals surface area (Å²) in [6.07, 6.45) is 8.04. The maximum atomic E-state index is 14.2. The Hall–Kier alpha value is -2.05. The highest BCUT2D eigenvalue weighted by atomic mass is 19.1. The largest absolute Gasteiger partial charge is 0.463 e. The zero-order valence-corrected chi connectivity index (χ0v) is 18.2. The smallest absolute Gasteiger partial charge is 0.316 e. The predicted molar refractivity (Wildman–Crippen MR) is 119 cm³/mol. The molecule has 0 unspecified atom stereocenters. The summed E-state index contributed by atoms with van der Waals surface area (Å²) in [6.45, 7) is 5.99. The molecule has 6 heteroatoms. The number of hydrogen-bond donors (Lipinski definition) is 1. The van der Waals surface area contributed by atoms with Gasteiger partial charge in [-0.2, -0.15) is 4.98 Å². The summed E-state index contributed by atoms with van der Waals surface area (Å²) in [5, 5.41) is 3.31. The Balaban J connectivity index is 1.09. The van der Waals surface area contributed by atoms with Gasteiger partial charge in [-0.05, 0) is 87.7 Å². The second-order valence-electron chi connectivity index (χ2n) is 9.48.